The van der Waals surface area contributed by atoms with Crippen molar-refractivity contribution in [2.24, 2.45) is 0 Å². The fraction of sp³-hybridized carbons (Fsp3) is 0.414. The van der Waals surface area contributed by atoms with Crippen molar-refractivity contribution in [1.82, 2.24) is 0 Å². The van der Waals surface area contributed by atoms with Gasteiger partial charge in [0.15, 0.2) is 11.5 Å². The zero-order valence-corrected chi connectivity index (χ0v) is 43.2. The minimum absolute atomic E-state index is 0.000171. The molecule has 10 nitrogen and oxygen atoms in total. The molecule has 0 fully saturated rings. The maximum Gasteiger partial charge on any atom is 0.258 e. The van der Waals surface area contributed by atoms with Crippen LogP contribution < -0.4 is 28.9 Å². The van der Waals surface area contributed by atoms with E-state index in [4.69, 9.17) is 14.2 Å². The number of amides is 3. The predicted molar refractivity (Wildman–Crippen MR) is 283 cm³/mol. The van der Waals surface area contributed by atoms with Crippen LogP contribution in [0.3, 0.4) is 0 Å². The molecule has 5 aromatic carbocycles. The molecule has 0 radical (unpaired) electrons. The summed E-state index contributed by atoms with van der Waals surface area (Å²) >= 11 is 0. The molecular weight excluding hydrogens is 915 g/mol. The number of benzene rings is 5. The van der Waals surface area contributed by atoms with Crippen molar-refractivity contribution >= 4 is 62.2 Å². The van der Waals surface area contributed by atoms with E-state index in [2.05, 4.69) is 39.0 Å². The first-order valence-electron chi connectivity index (χ1n) is 24.9. The third kappa shape index (κ3) is 10.5. The van der Waals surface area contributed by atoms with Crippen LogP contribution in [0.2, 0.25) is 0 Å². The minimum Gasteiger partial charge on any atom is -0.493 e. The Bertz CT molecular complexity index is 2830. The van der Waals surface area contributed by atoms with Crippen molar-refractivity contribution in [2.45, 2.75) is 141 Å². The predicted octanol–water partition coefficient (Wildman–Crippen LogP) is 12.2. The normalized spacial score (nSPS) is 17.3. The second kappa shape index (κ2) is 20.9. The number of para-hydroxylation sites is 2. The molecule has 9 rings (SSSR count). The van der Waals surface area contributed by atoms with Crippen LogP contribution in [0.4, 0.5) is 17.1 Å². The van der Waals surface area contributed by atoms with Gasteiger partial charge in [0.25, 0.3) is 11.8 Å². The Morgan fingerprint density at radius 3 is 1.89 bits per heavy atom. The van der Waals surface area contributed by atoms with E-state index in [1.165, 1.54) is 11.1 Å². The highest BCUT2D eigenvalue weighted by molar-refractivity contribution is 8.77. The lowest BCUT2D eigenvalue weighted by molar-refractivity contribution is -0.119. The Labute approximate surface area is 421 Å². The lowest BCUT2D eigenvalue weighted by atomic mass is 9.98. The molecule has 70 heavy (non-hydrogen) atoms. The van der Waals surface area contributed by atoms with Gasteiger partial charge in [-0.2, -0.15) is 0 Å². The van der Waals surface area contributed by atoms with E-state index in [9.17, 15) is 19.2 Å². The number of carbonyl (C=O) groups is 4. The van der Waals surface area contributed by atoms with Gasteiger partial charge in [0, 0.05) is 76.6 Å². The first kappa shape index (κ1) is 49.3. The molecule has 0 saturated heterocycles. The van der Waals surface area contributed by atoms with E-state index in [0.717, 1.165) is 101 Å². The summed E-state index contributed by atoms with van der Waals surface area (Å²) in [6.07, 6.45) is 8.00. The summed E-state index contributed by atoms with van der Waals surface area (Å²) in [5, 5.41) is 0.334. The molecule has 1 unspecified atom stereocenters. The molecule has 4 heterocycles. The molecule has 0 aliphatic carbocycles. The van der Waals surface area contributed by atoms with Crippen molar-refractivity contribution in [3.8, 4) is 17.2 Å². The molecule has 0 bridgehead atoms. The fourth-order valence-corrected chi connectivity index (χ4v) is 13.0. The number of ketones is 1. The van der Waals surface area contributed by atoms with Crippen LogP contribution in [0, 0.1) is 6.92 Å². The summed E-state index contributed by atoms with van der Waals surface area (Å²) in [5.41, 5.74) is 11.0. The van der Waals surface area contributed by atoms with Gasteiger partial charge in [-0.15, -0.1) is 0 Å². The molecule has 3 amide bonds. The molecule has 12 heteroatoms. The molecule has 0 spiro atoms. The molecule has 3 atom stereocenters. The number of fused-ring (bicyclic) bond motifs is 8. The van der Waals surface area contributed by atoms with Crippen molar-refractivity contribution in [3.05, 3.63) is 141 Å². The third-order valence-corrected chi connectivity index (χ3v) is 18.5. The van der Waals surface area contributed by atoms with Gasteiger partial charge in [0.2, 0.25) is 5.91 Å². The number of carbonyl (C=O) groups excluding carboxylic acids is 4. The summed E-state index contributed by atoms with van der Waals surface area (Å²) in [6, 6.07) is 30.5. The SMILES string of the molecule is CCC(=O)CCC(C)SSC(C)(C)CCC(=O)N(C)c1cc(COc2cc3c(cc2C)C(=O)N2c4ccccc4C[C@H]2CC3)cc(COc2cc3c(cc2OC)C(=O)N2c4ccccc4C[C@H]2CC3)c1. The van der Waals surface area contributed by atoms with Crippen LogP contribution in [0.25, 0.3) is 0 Å². The number of nitrogens with zero attached hydrogens (tertiary/aromatic N) is 3. The molecule has 366 valence electrons. The highest BCUT2D eigenvalue weighted by Crippen LogP contribution is 2.44. The van der Waals surface area contributed by atoms with Gasteiger partial charge in [-0.25, -0.2) is 0 Å². The number of Topliss-reactive ketones (excluding diaryl/α,β-unsaturated/α-hetero) is 1. The van der Waals surface area contributed by atoms with E-state index < -0.39 is 0 Å². The summed E-state index contributed by atoms with van der Waals surface area (Å²) in [5.74, 6) is 2.07. The van der Waals surface area contributed by atoms with Crippen LogP contribution >= 0.6 is 21.6 Å². The average molecular weight is 980 g/mol. The quantitative estimate of drug-likeness (QED) is 0.0794. The van der Waals surface area contributed by atoms with Gasteiger partial charge >= 0.3 is 0 Å². The molecule has 0 aromatic heterocycles. The monoisotopic (exact) mass is 979 g/mol. The summed E-state index contributed by atoms with van der Waals surface area (Å²) in [4.78, 5) is 59.9. The van der Waals surface area contributed by atoms with Crippen molar-refractivity contribution < 1.29 is 33.4 Å². The largest absolute Gasteiger partial charge is 0.493 e. The molecule has 0 saturated carbocycles. The number of aryl methyl sites for hydroxylation is 3. The Balaban J connectivity index is 0.940. The second-order valence-corrected chi connectivity index (χ2v) is 23.4. The van der Waals surface area contributed by atoms with E-state index in [1.807, 2.05) is 103 Å². The molecule has 0 N–H and O–H groups in total. The second-order valence-electron chi connectivity index (χ2n) is 20.1. The van der Waals surface area contributed by atoms with Crippen LogP contribution in [0.15, 0.2) is 91.0 Å². The summed E-state index contributed by atoms with van der Waals surface area (Å²) < 4.78 is 18.9. The van der Waals surface area contributed by atoms with Crippen molar-refractivity contribution in [1.29, 1.82) is 0 Å². The van der Waals surface area contributed by atoms with E-state index in [1.54, 1.807) is 33.6 Å². The minimum atomic E-state index is -0.159. The number of hydrogen-bond acceptors (Lipinski definition) is 9. The average Bonchev–Trinajstić information content (AvgIpc) is 3.86. The smallest absolute Gasteiger partial charge is 0.258 e. The Kier molecular flexibility index (Phi) is 14.7. The van der Waals surface area contributed by atoms with Crippen LogP contribution in [-0.4, -0.2) is 59.7 Å². The maximum atomic E-state index is 14.2. The molecule has 5 aromatic rings. The third-order valence-electron chi connectivity index (χ3n) is 14.5. The van der Waals surface area contributed by atoms with Gasteiger partial charge in [-0.05, 0) is 166 Å². The van der Waals surface area contributed by atoms with Gasteiger partial charge in [0.1, 0.15) is 24.7 Å². The maximum absolute atomic E-state index is 14.2. The lowest BCUT2D eigenvalue weighted by Crippen LogP contribution is -2.36. The zero-order valence-electron chi connectivity index (χ0n) is 41.6. The van der Waals surface area contributed by atoms with E-state index in [-0.39, 0.29) is 47.8 Å². The first-order valence-corrected chi connectivity index (χ1v) is 27.1. The van der Waals surface area contributed by atoms with E-state index >= 15 is 0 Å². The fourth-order valence-electron chi connectivity index (χ4n) is 10.4. The standard InChI is InChI=1S/C58H65N3O7S2/c1-8-47(62)22-17-37(3)69-70-58(4,5)24-23-55(63)59(6)46-27-38(34-67-52-31-40-18-20-44-29-42-13-9-11-15-50(42)60(44)56(64)48(40)25-36(52)2)26-39(28-46)35-68-54-32-41-19-21-45-30-43-14-10-12-16-51(43)61(45)57(65)49(41)33-53(54)66-7/h9-16,25-28,31-33,37,44-45H,8,17-24,29-30,34-35H2,1-7H3/t37?,44-,45-/m1/s1. The van der Waals surface area contributed by atoms with Gasteiger partial charge in [-0.3, -0.25) is 19.2 Å². The highest BCUT2D eigenvalue weighted by Gasteiger charge is 2.39. The topological polar surface area (TPSA) is 106 Å². The molecular formula is C58H65N3O7S2. The Morgan fingerprint density at radius 1 is 0.743 bits per heavy atom. The first-order chi connectivity index (χ1) is 33.7. The summed E-state index contributed by atoms with van der Waals surface area (Å²) in [6.45, 7) is 10.8. The summed E-state index contributed by atoms with van der Waals surface area (Å²) in [7, 11) is 6.99. The number of ether oxygens (including phenoxy) is 3. The number of methoxy groups -OCH3 is 1. The highest BCUT2D eigenvalue weighted by atomic mass is 33.1. The van der Waals surface area contributed by atoms with Crippen LogP contribution in [-0.2, 0) is 48.5 Å². The van der Waals surface area contributed by atoms with Gasteiger partial charge < -0.3 is 28.9 Å². The zero-order chi connectivity index (χ0) is 49.3. The lowest BCUT2D eigenvalue weighted by Gasteiger charge is -2.26. The molecule has 4 aliphatic heterocycles. The number of rotatable bonds is 18. The van der Waals surface area contributed by atoms with Crippen molar-refractivity contribution in [3.63, 3.8) is 0 Å². The van der Waals surface area contributed by atoms with Gasteiger partial charge in [-0.1, -0.05) is 71.8 Å². The van der Waals surface area contributed by atoms with Crippen LogP contribution in [0.5, 0.6) is 17.2 Å². The number of hydrogen-bond donors (Lipinski definition) is 0. The molecule has 4 aliphatic rings. The Hall–Kier alpha value is -5.72. The Morgan fingerprint density at radius 2 is 1.30 bits per heavy atom. The number of anilines is 3. The van der Waals surface area contributed by atoms with Crippen molar-refractivity contribution in [2.75, 3.05) is 28.9 Å². The van der Waals surface area contributed by atoms with Gasteiger partial charge in [0.05, 0.1) is 7.11 Å². The van der Waals surface area contributed by atoms with Crippen LogP contribution in [0.1, 0.15) is 132 Å². The van der Waals surface area contributed by atoms with E-state index in [0.29, 0.717) is 53.8 Å².